The Bertz CT molecular complexity index is 1040. The minimum Gasteiger partial charge on any atom is -0.338 e. The highest BCUT2D eigenvalue weighted by Gasteiger charge is 2.34. The molecule has 1 atom stereocenters. The number of carbonyl (C=O) groups is 2. The van der Waals surface area contributed by atoms with Gasteiger partial charge in [0.05, 0.1) is 5.92 Å². The molecule has 1 fully saturated rings. The van der Waals surface area contributed by atoms with Crippen molar-refractivity contribution >= 4 is 17.5 Å². The van der Waals surface area contributed by atoms with Crippen LogP contribution in [0.5, 0.6) is 0 Å². The maximum atomic E-state index is 12.7. The molecule has 1 aliphatic rings. The highest BCUT2D eigenvalue weighted by atomic mass is 16.2. The summed E-state index contributed by atoms with van der Waals surface area (Å²) in [7, 11) is 1.76. The third-order valence-electron chi connectivity index (χ3n) is 5.09. The number of aromatic nitrogens is 4. The molecule has 2 aromatic carbocycles. The van der Waals surface area contributed by atoms with Gasteiger partial charge in [0.25, 0.3) is 0 Å². The van der Waals surface area contributed by atoms with E-state index in [-0.39, 0.29) is 24.2 Å². The zero-order valence-electron chi connectivity index (χ0n) is 16.4. The average Bonchev–Trinajstić information content (AvgIpc) is 3.30. The molecule has 8 heteroatoms. The Labute approximate surface area is 168 Å². The monoisotopic (exact) mass is 390 g/mol. The molecule has 1 N–H and O–H groups in total. The number of amides is 2. The van der Waals surface area contributed by atoms with Gasteiger partial charge in [-0.3, -0.25) is 9.59 Å². The fourth-order valence-electron chi connectivity index (χ4n) is 3.47. The number of benzene rings is 2. The van der Waals surface area contributed by atoms with Gasteiger partial charge in [-0.2, -0.15) is 0 Å². The molecule has 29 heavy (non-hydrogen) atoms. The van der Waals surface area contributed by atoms with E-state index in [9.17, 15) is 9.59 Å². The van der Waals surface area contributed by atoms with Crippen LogP contribution in [0.2, 0.25) is 0 Å². The van der Waals surface area contributed by atoms with E-state index in [0.717, 1.165) is 11.1 Å². The predicted molar refractivity (Wildman–Crippen MR) is 108 cm³/mol. The summed E-state index contributed by atoms with van der Waals surface area (Å²) >= 11 is 0. The molecule has 1 saturated heterocycles. The lowest BCUT2D eigenvalue weighted by Gasteiger charge is -2.17. The van der Waals surface area contributed by atoms with Crippen LogP contribution in [0.1, 0.15) is 17.5 Å². The van der Waals surface area contributed by atoms with Crippen molar-refractivity contribution in [3.63, 3.8) is 0 Å². The van der Waals surface area contributed by atoms with Crippen LogP contribution < -0.4 is 5.32 Å². The van der Waals surface area contributed by atoms with Crippen LogP contribution in [-0.2, 0) is 23.2 Å². The molecule has 0 spiro atoms. The second kappa shape index (κ2) is 7.83. The highest BCUT2D eigenvalue weighted by molar-refractivity contribution is 5.97. The van der Waals surface area contributed by atoms with Gasteiger partial charge in [0.2, 0.25) is 11.8 Å². The van der Waals surface area contributed by atoms with Gasteiger partial charge in [-0.05, 0) is 35.0 Å². The first kappa shape index (κ1) is 18.8. The standard InChI is InChI=1S/C21H22N6O2/c1-14-6-8-15(9-7-14)12-27-13-17(11-19(27)28)21(29)22-18-5-3-4-16(10-18)20-23-24-25-26(20)2/h3-10,17H,11-13H2,1-2H3,(H,22,29). The average molecular weight is 390 g/mol. The summed E-state index contributed by atoms with van der Waals surface area (Å²) in [4.78, 5) is 26.9. The molecule has 1 aromatic heterocycles. The third kappa shape index (κ3) is 4.16. The Kier molecular flexibility index (Phi) is 5.07. The topological polar surface area (TPSA) is 93.0 Å². The van der Waals surface area contributed by atoms with Gasteiger partial charge >= 0.3 is 0 Å². The van der Waals surface area contributed by atoms with E-state index in [1.807, 2.05) is 55.5 Å². The molecule has 2 heterocycles. The molecule has 148 valence electrons. The van der Waals surface area contributed by atoms with Gasteiger partial charge < -0.3 is 10.2 Å². The number of tetrazole rings is 1. The molecule has 3 aromatic rings. The molecule has 0 saturated carbocycles. The van der Waals surface area contributed by atoms with Gasteiger partial charge in [-0.25, -0.2) is 4.68 Å². The first-order chi connectivity index (χ1) is 14.0. The second-order valence-electron chi connectivity index (χ2n) is 7.36. The zero-order valence-corrected chi connectivity index (χ0v) is 16.4. The summed E-state index contributed by atoms with van der Waals surface area (Å²) in [5.74, 6) is 0.0946. The first-order valence-corrected chi connectivity index (χ1v) is 9.46. The van der Waals surface area contributed by atoms with Crippen LogP contribution in [0.15, 0.2) is 48.5 Å². The molecule has 8 nitrogen and oxygen atoms in total. The smallest absolute Gasteiger partial charge is 0.229 e. The van der Waals surface area contributed by atoms with Crippen molar-refractivity contribution in [1.29, 1.82) is 0 Å². The van der Waals surface area contributed by atoms with Gasteiger partial charge in [0.15, 0.2) is 5.82 Å². The quantitative estimate of drug-likeness (QED) is 0.721. The molecular formula is C21H22N6O2. The molecule has 1 unspecified atom stereocenters. The SMILES string of the molecule is Cc1ccc(CN2CC(C(=O)Nc3cccc(-c4nnnn4C)c3)CC2=O)cc1. The van der Waals surface area contributed by atoms with Crippen LogP contribution in [0, 0.1) is 12.8 Å². The Morgan fingerprint density at radius 1 is 1.21 bits per heavy atom. The largest absolute Gasteiger partial charge is 0.338 e. The molecule has 4 rings (SSSR count). The molecule has 0 radical (unpaired) electrons. The van der Waals surface area contributed by atoms with Gasteiger partial charge in [0.1, 0.15) is 0 Å². The Morgan fingerprint density at radius 2 is 2.00 bits per heavy atom. The van der Waals surface area contributed by atoms with E-state index in [0.29, 0.717) is 24.6 Å². The number of rotatable bonds is 5. The Balaban J connectivity index is 1.41. The number of hydrogen-bond acceptors (Lipinski definition) is 5. The molecule has 0 bridgehead atoms. The van der Waals surface area contributed by atoms with Crippen LogP contribution in [-0.4, -0.2) is 43.5 Å². The fourth-order valence-corrected chi connectivity index (χ4v) is 3.47. The van der Waals surface area contributed by atoms with Crippen molar-refractivity contribution in [3.8, 4) is 11.4 Å². The number of anilines is 1. The zero-order chi connectivity index (χ0) is 20.4. The van der Waals surface area contributed by atoms with Crippen molar-refractivity contribution in [2.24, 2.45) is 13.0 Å². The van der Waals surface area contributed by atoms with E-state index < -0.39 is 0 Å². The second-order valence-corrected chi connectivity index (χ2v) is 7.36. The summed E-state index contributed by atoms with van der Waals surface area (Å²) in [5.41, 5.74) is 3.70. The van der Waals surface area contributed by atoms with Crippen molar-refractivity contribution in [3.05, 3.63) is 59.7 Å². The van der Waals surface area contributed by atoms with Gasteiger partial charge in [-0.1, -0.05) is 42.0 Å². The number of nitrogens with one attached hydrogen (secondary N) is 1. The highest BCUT2D eigenvalue weighted by Crippen LogP contribution is 2.24. The maximum Gasteiger partial charge on any atom is 0.229 e. The summed E-state index contributed by atoms with van der Waals surface area (Å²) in [6, 6.07) is 15.4. The summed E-state index contributed by atoms with van der Waals surface area (Å²) < 4.78 is 1.57. The van der Waals surface area contributed by atoms with Crippen molar-refractivity contribution in [2.75, 3.05) is 11.9 Å². The van der Waals surface area contributed by atoms with Gasteiger partial charge in [0, 0.05) is 37.8 Å². The van der Waals surface area contributed by atoms with Crippen LogP contribution in [0.25, 0.3) is 11.4 Å². The van der Waals surface area contributed by atoms with E-state index in [1.165, 1.54) is 5.56 Å². The number of nitrogens with zero attached hydrogens (tertiary/aromatic N) is 5. The Hall–Kier alpha value is -3.55. The lowest BCUT2D eigenvalue weighted by Crippen LogP contribution is -2.28. The van der Waals surface area contributed by atoms with Gasteiger partial charge in [-0.15, -0.1) is 5.10 Å². The molecule has 0 aliphatic carbocycles. The first-order valence-electron chi connectivity index (χ1n) is 9.46. The van der Waals surface area contributed by atoms with Crippen LogP contribution in [0.3, 0.4) is 0 Å². The van der Waals surface area contributed by atoms with Crippen LogP contribution >= 0.6 is 0 Å². The lowest BCUT2D eigenvalue weighted by atomic mass is 10.1. The minimum absolute atomic E-state index is 0.00429. The van der Waals surface area contributed by atoms with Crippen molar-refractivity contribution < 1.29 is 9.59 Å². The van der Waals surface area contributed by atoms with Crippen molar-refractivity contribution in [2.45, 2.75) is 19.9 Å². The molecule has 1 aliphatic heterocycles. The predicted octanol–water partition coefficient (Wildman–Crippen LogP) is 2.17. The maximum absolute atomic E-state index is 12.7. The Morgan fingerprint density at radius 3 is 2.72 bits per heavy atom. The number of aryl methyl sites for hydroxylation is 2. The summed E-state index contributed by atoms with van der Waals surface area (Å²) in [5, 5.41) is 14.4. The van der Waals surface area contributed by atoms with Crippen molar-refractivity contribution in [1.82, 2.24) is 25.1 Å². The summed E-state index contributed by atoms with van der Waals surface area (Å²) in [6.45, 7) is 2.98. The normalized spacial score (nSPS) is 16.3. The van der Waals surface area contributed by atoms with E-state index >= 15 is 0 Å². The number of likely N-dealkylation sites (tertiary alicyclic amines) is 1. The fraction of sp³-hybridized carbons (Fsp3) is 0.286. The lowest BCUT2D eigenvalue weighted by molar-refractivity contribution is -0.128. The van der Waals surface area contributed by atoms with E-state index in [1.54, 1.807) is 16.6 Å². The van der Waals surface area contributed by atoms with E-state index in [2.05, 4.69) is 20.8 Å². The van der Waals surface area contributed by atoms with Crippen LogP contribution in [0.4, 0.5) is 5.69 Å². The summed E-state index contributed by atoms with van der Waals surface area (Å²) in [6.07, 6.45) is 0.227. The minimum atomic E-state index is -0.368. The number of hydrogen-bond donors (Lipinski definition) is 1. The molecule has 2 amide bonds. The van der Waals surface area contributed by atoms with E-state index in [4.69, 9.17) is 0 Å². The molecular weight excluding hydrogens is 368 g/mol. The number of carbonyl (C=O) groups excluding carboxylic acids is 2. The third-order valence-corrected chi connectivity index (χ3v) is 5.09.